The third-order valence-electron chi connectivity index (χ3n) is 8.79. The molecule has 0 saturated heterocycles. The van der Waals surface area contributed by atoms with E-state index in [0.29, 0.717) is 6.42 Å². The van der Waals surface area contributed by atoms with Gasteiger partial charge in [-0.3, -0.25) is 13.8 Å². The number of nitrogens with one attached hydrogen (secondary N) is 1. The van der Waals surface area contributed by atoms with E-state index in [2.05, 4.69) is 67.8 Å². The SMILES string of the molecule is CCCCCC/C=C\C/C=C\CCCCCCCCCC(=O)NC(COP(=O)(O)OCCN)C(O)/C=C/CC/C=C/CC/C=C/CCCCCCC. The van der Waals surface area contributed by atoms with E-state index in [0.717, 1.165) is 64.2 Å². The molecule has 0 rings (SSSR count). The number of aliphatic hydroxyl groups is 1. The van der Waals surface area contributed by atoms with Gasteiger partial charge in [0.05, 0.1) is 25.4 Å². The van der Waals surface area contributed by atoms with E-state index < -0.39 is 20.0 Å². The molecule has 0 aliphatic carbocycles. The van der Waals surface area contributed by atoms with Crippen LogP contribution >= 0.6 is 7.82 Å². The lowest BCUT2D eigenvalue weighted by Crippen LogP contribution is -2.45. The summed E-state index contributed by atoms with van der Waals surface area (Å²) in [7, 11) is -4.35. The van der Waals surface area contributed by atoms with Crippen molar-refractivity contribution in [3.05, 3.63) is 60.8 Å². The zero-order valence-electron chi connectivity index (χ0n) is 33.3. The largest absolute Gasteiger partial charge is 0.472 e. The van der Waals surface area contributed by atoms with Gasteiger partial charge in [-0.25, -0.2) is 4.57 Å². The molecule has 0 saturated carbocycles. The third kappa shape index (κ3) is 36.6. The average molecular weight is 751 g/mol. The normalized spacial score (nSPS) is 14.8. The van der Waals surface area contributed by atoms with Crippen LogP contribution in [0.1, 0.15) is 174 Å². The van der Waals surface area contributed by atoms with E-state index in [1.165, 1.54) is 89.9 Å². The molecule has 52 heavy (non-hydrogen) atoms. The van der Waals surface area contributed by atoms with Gasteiger partial charge < -0.3 is 21.1 Å². The molecule has 302 valence electrons. The molecule has 3 atom stereocenters. The number of rotatable bonds is 38. The molecule has 0 bridgehead atoms. The van der Waals surface area contributed by atoms with E-state index in [1.54, 1.807) is 6.08 Å². The van der Waals surface area contributed by atoms with Crippen molar-refractivity contribution in [3.63, 3.8) is 0 Å². The highest BCUT2D eigenvalue weighted by Gasteiger charge is 2.26. The monoisotopic (exact) mass is 751 g/mol. The van der Waals surface area contributed by atoms with E-state index in [9.17, 15) is 19.4 Å². The highest BCUT2D eigenvalue weighted by atomic mass is 31.2. The van der Waals surface area contributed by atoms with Gasteiger partial charge in [-0.2, -0.15) is 0 Å². The van der Waals surface area contributed by atoms with Gasteiger partial charge in [0, 0.05) is 13.0 Å². The van der Waals surface area contributed by atoms with Gasteiger partial charge >= 0.3 is 7.82 Å². The molecule has 9 heteroatoms. The van der Waals surface area contributed by atoms with E-state index in [-0.39, 0.29) is 25.7 Å². The molecule has 8 nitrogen and oxygen atoms in total. The summed E-state index contributed by atoms with van der Waals surface area (Å²) in [5.74, 6) is -0.219. The highest BCUT2D eigenvalue weighted by Crippen LogP contribution is 2.43. The van der Waals surface area contributed by atoms with Gasteiger partial charge in [0.15, 0.2) is 0 Å². The van der Waals surface area contributed by atoms with Gasteiger partial charge in [-0.15, -0.1) is 0 Å². The lowest BCUT2D eigenvalue weighted by atomic mass is 10.1. The summed E-state index contributed by atoms with van der Waals surface area (Å²) in [6.45, 7) is 4.05. The molecule has 0 aliphatic heterocycles. The van der Waals surface area contributed by atoms with Crippen LogP contribution in [0.25, 0.3) is 0 Å². The minimum Gasteiger partial charge on any atom is -0.387 e. The Bertz CT molecular complexity index is 996. The Labute approximate surface area is 319 Å². The molecule has 0 aromatic carbocycles. The topological polar surface area (TPSA) is 131 Å². The number of phosphoric ester groups is 1. The Morgan fingerprint density at radius 3 is 1.62 bits per heavy atom. The Morgan fingerprint density at radius 2 is 1.08 bits per heavy atom. The standard InChI is InChI=1S/C43H79N2O6P/c1-3-5-7-9-11-13-15-17-19-20-21-23-25-27-29-31-33-35-37-43(47)45-41(40-51-52(48,49)50-39-38-44)42(46)36-34-32-30-28-26-24-22-18-16-14-12-10-8-6-4-2/h13,15-16,18-20,26,28,34,36,41-42,46H,3-12,14,17,21-25,27,29-33,35,37-40,44H2,1-2H3,(H,45,47)(H,48,49)/b15-13-,18-16+,20-19-,28-26+,36-34+. The number of unbranched alkanes of at least 4 members (excludes halogenated alkanes) is 18. The van der Waals surface area contributed by atoms with Gasteiger partial charge in [-0.1, -0.05) is 152 Å². The van der Waals surface area contributed by atoms with Gasteiger partial charge in [0.25, 0.3) is 0 Å². The van der Waals surface area contributed by atoms with E-state index >= 15 is 0 Å². The van der Waals surface area contributed by atoms with Crippen molar-refractivity contribution in [3.8, 4) is 0 Å². The fourth-order valence-corrected chi connectivity index (χ4v) is 6.36. The van der Waals surface area contributed by atoms with E-state index in [4.69, 9.17) is 14.8 Å². The average Bonchev–Trinajstić information content (AvgIpc) is 3.13. The molecular weight excluding hydrogens is 671 g/mol. The fourth-order valence-electron chi connectivity index (χ4n) is 5.60. The maximum Gasteiger partial charge on any atom is 0.472 e. The summed E-state index contributed by atoms with van der Waals surface area (Å²) in [5.41, 5.74) is 5.36. The number of carbonyl (C=O) groups is 1. The lowest BCUT2D eigenvalue weighted by Gasteiger charge is -2.23. The van der Waals surface area contributed by atoms with Crippen molar-refractivity contribution in [1.29, 1.82) is 0 Å². The first kappa shape index (κ1) is 50.2. The zero-order valence-corrected chi connectivity index (χ0v) is 34.2. The molecule has 1 amide bonds. The molecule has 0 fully saturated rings. The summed E-state index contributed by atoms with van der Waals surface area (Å²) < 4.78 is 22.1. The number of hydrogen-bond acceptors (Lipinski definition) is 6. The van der Waals surface area contributed by atoms with E-state index in [1.807, 2.05) is 6.08 Å². The first-order valence-corrected chi connectivity index (χ1v) is 22.4. The van der Waals surface area contributed by atoms with Crippen molar-refractivity contribution in [1.82, 2.24) is 5.32 Å². The number of amides is 1. The van der Waals surface area contributed by atoms with Gasteiger partial charge in [-0.05, 0) is 77.0 Å². The molecule has 0 aromatic rings. The van der Waals surface area contributed by atoms with Crippen LogP contribution in [0, 0.1) is 0 Å². The van der Waals surface area contributed by atoms with Crippen LogP contribution in [0.3, 0.4) is 0 Å². The predicted molar refractivity (Wildman–Crippen MR) is 221 cm³/mol. The maximum atomic E-state index is 12.7. The van der Waals surface area contributed by atoms with Crippen molar-refractivity contribution < 1.29 is 28.4 Å². The fraction of sp³-hybridized carbons (Fsp3) is 0.744. The summed E-state index contributed by atoms with van der Waals surface area (Å²) in [5, 5.41) is 13.6. The molecule has 3 unspecified atom stereocenters. The smallest absolute Gasteiger partial charge is 0.387 e. The minimum atomic E-state index is -4.35. The van der Waals surface area contributed by atoms with Crippen LogP contribution < -0.4 is 11.1 Å². The molecule has 0 aromatic heterocycles. The second-order valence-corrected chi connectivity index (χ2v) is 15.3. The molecule has 0 radical (unpaired) electrons. The molecule has 0 aliphatic rings. The van der Waals surface area contributed by atoms with Crippen molar-refractivity contribution in [2.75, 3.05) is 19.8 Å². The number of nitrogens with two attached hydrogens (primary N) is 1. The minimum absolute atomic E-state index is 0.0680. The van der Waals surface area contributed by atoms with Gasteiger partial charge in [0.2, 0.25) is 5.91 Å². The Kier molecular flexibility index (Phi) is 37.6. The Balaban J connectivity index is 4.34. The molecule has 5 N–H and O–H groups in total. The summed E-state index contributed by atoms with van der Waals surface area (Å²) in [6.07, 6.45) is 48.3. The zero-order chi connectivity index (χ0) is 38.2. The summed E-state index contributed by atoms with van der Waals surface area (Å²) in [4.78, 5) is 22.7. The first-order valence-electron chi connectivity index (χ1n) is 20.9. The predicted octanol–water partition coefficient (Wildman–Crippen LogP) is 11.5. The Morgan fingerprint density at radius 1 is 0.635 bits per heavy atom. The number of carbonyl (C=O) groups excluding carboxylic acids is 1. The second-order valence-electron chi connectivity index (χ2n) is 13.8. The van der Waals surface area contributed by atoms with Crippen LogP contribution in [0.2, 0.25) is 0 Å². The maximum absolute atomic E-state index is 12.7. The first-order chi connectivity index (χ1) is 25.4. The number of phosphoric acid groups is 1. The van der Waals surface area contributed by atoms with Crippen LogP contribution in [-0.2, 0) is 18.4 Å². The van der Waals surface area contributed by atoms with Crippen molar-refractivity contribution >= 4 is 13.7 Å². The quantitative estimate of drug-likeness (QED) is 0.0281. The highest BCUT2D eigenvalue weighted by molar-refractivity contribution is 7.47. The molecular formula is C43H79N2O6P. The Hall–Kier alpha value is -1.80. The van der Waals surface area contributed by atoms with Crippen LogP contribution in [-0.4, -0.2) is 47.8 Å². The molecule has 0 heterocycles. The van der Waals surface area contributed by atoms with Gasteiger partial charge in [0.1, 0.15) is 0 Å². The number of hydrogen-bond donors (Lipinski definition) is 4. The third-order valence-corrected chi connectivity index (χ3v) is 9.78. The number of aliphatic hydroxyl groups excluding tert-OH is 1. The van der Waals surface area contributed by atoms with Crippen LogP contribution in [0.15, 0.2) is 60.8 Å². The van der Waals surface area contributed by atoms with Crippen LogP contribution in [0.5, 0.6) is 0 Å². The number of allylic oxidation sites excluding steroid dienone is 9. The van der Waals surface area contributed by atoms with Crippen molar-refractivity contribution in [2.45, 2.75) is 187 Å². The van der Waals surface area contributed by atoms with Crippen molar-refractivity contribution in [2.24, 2.45) is 5.73 Å². The lowest BCUT2D eigenvalue weighted by molar-refractivity contribution is -0.123. The summed E-state index contributed by atoms with van der Waals surface area (Å²) >= 11 is 0. The molecule has 0 spiro atoms. The summed E-state index contributed by atoms with van der Waals surface area (Å²) in [6, 6.07) is -0.889. The second kappa shape index (κ2) is 38.9. The van der Waals surface area contributed by atoms with Crippen LogP contribution in [0.4, 0.5) is 0 Å².